The highest BCUT2D eigenvalue weighted by molar-refractivity contribution is 5.83. The fourth-order valence-electron chi connectivity index (χ4n) is 0.315. The van der Waals surface area contributed by atoms with Crippen molar-refractivity contribution < 1.29 is 9.90 Å². The number of ketones is 1. The Balaban J connectivity index is 4.19. The molecule has 0 aromatic heterocycles. The van der Waals surface area contributed by atoms with Gasteiger partial charge >= 0.3 is 0 Å². The van der Waals surface area contributed by atoms with Gasteiger partial charge in [0, 0.05) is 0 Å². The SMILES string of the molecule is CC(=O)C(C)(O)N(C)C. The molecule has 0 heterocycles. The normalized spacial score (nSPS) is 17.6. The first-order valence-corrected chi connectivity index (χ1v) is 2.80. The van der Waals surface area contributed by atoms with E-state index in [0.29, 0.717) is 0 Å². The van der Waals surface area contributed by atoms with Crippen molar-refractivity contribution in [3.8, 4) is 0 Å². The molecule has 0 radical (unpaired) electrons. The van der Waals surface area contributed by atoms with Crippen LogP contribution in [0.3, 0.4) is 0 Å². The molecule has 1 N–H and O–H groups in total. The third-order valence-electron chi connectivity index (χ3n) is 1.54. The van der Waals surface area contributed by atoms with Crippen LogP contribution in [0.15, 0.2) is 0 Å². The predicted octanol–water partition coefficient (Wildman–Crippen LogP) is -0.155. The third kappa shape index (κ3) is 1.77. The Morgan fingerprint density at radius 3 is 1.89 bits per heavy atom. The zero-order valence-corrected chi connectivity index (χ0v) is 6.30. The lowest BCUT2D eigenvalue weighted by Crippen LogP contribution is -2.47. The molecular weight excluding hydrogens is 118 g/mol. The van der Waals surface area contributed by atoms with Crippen LogP contribution in [0.5, 0.6) is 0 Å². The fraction of sp³-hybridized carbons (Fsp3) is 0.833. The molecule has 0 saturated carbocycles. The van der Waals surface area contributed by atoms with Crippen molar-refractivity contribution in [2.75, 3.05) is 14.1 Å². The summed E-state index contributed by atoms with van der Waals surface area (Å²) < 4.78 is 0. The van der Waals surface area contributed by atoms with E-state index in [0.717, 1.165) is 0 Å². The van der Waals surface area contributed by atoms with Crippen LogP contribution in [-0.4, -0.2) is 35.6 Å². The molecule has 0 spiro atoms. The maximum atomic E-state index is 10.6. The van der Waals surface area contributed by atoms with Crippen LogP contribution in [0.25, 0.3) is 0 Å². The lowest BCUT2D eigenvalue weighted by Gasteiger charge is -2.27. The summed E-state index contributed by atoms with van der Waals surface area (Å²) in [5.41, 5.74) is -1.31. The van der Waals surface area contributed by atoms with Crippen molar-refractivity contribution in [1.29, 1.82) is 0 Å². The van der Waals surface area contributed by atoms with Crippen LogP contribution < -0.4 is 0 Å². The van der Waals surface area contributed by atoms with Gasteiger partial charge in [-0.1, -0.05) is 0 Å². The number of carbonyl (C=O) groups excluding carboxylic acids is 1. The largest absolute Gasteiger partial charge is 0.369 e. The van der Waals surface area contributed by atoms with Crippen LogP contribution >= 0.6 is 0 Å². The number of carbonyl (C=O) groups is 1. The summed E-state index contributed by atoms with van der Waals surface area (Å²) in [4.78, 5) is 12.1. The number of nitrogens with zero attached hydrogens (tertiary/aromatic N) is 1. The number of likely N-dealkylation sites (N-methyl/N-ethyl adjacent to an activating group) is 1. The Kier molecular flexibility index (Phi) is 2.34. The molecule has 0 aliphatic heterocycles. The average Bonchev–Trinajstić information content (AvgIpc) is 1.65. The number of hydrogen-bond donors (Lipinski definition) is 1. The standard InChI is InChI=1S/C6H13NO2/c1-5(8)6(2,9)7(3)4/h9H,1-4H3. The highest BCUT2D eigenvalue weighted by Gasteiger charge is 2.28. The first-order chi connectivity index (χ1) is 3.89. The number of hydrogen-bond acceptors (Lipinski definition) is 3. The molecule has 1 unspecified atom stereocenters. The van der Waals surface area contributed by atoms with Gasteiger partial charge in [-0.15, -0.1) is 0 Å². The molecule has 0 aromatic rings. The maximum Gasteiger partial charge on any atom is 0.176 e. The molecule has 0 amide bonds. The van der Waals surface area contributed by atoms with Crippen molar-refractivity contribution >= 4 is 5.78 Å². The molecule has 0 aliphatic rings. The third-order valence-corrected chi connectivity index (χ3v) is 1.54. The Hall–Kier alpha value is -0.410. The van der Waals surface area contributed by atoms with E-state index in [1.807, 2.05) is 0 Å². The van der Waals surface area contributed by atoms with Gasteiger partial charge in [0.25, 0.3) is 0 Å². The molecular formula is C6H13NO2. The Bertz CT molecular complexity index is 118. The molecule has 0 saturated heterocycles. The van der Waals surface area contributed by atoms with Crippen molar-refractivity contribution in [3.05, 3.63) is 0 Å². The summed E-state index contributed by atoms with van der Waals surface area (Å²) in [5.74, 6) is -0.243. The average molecular weight is 131 g/mol. The highest BCUT2D eigenvalue weighted by atomic mass is 16.3. The van der Waals surface area contributed by atoms with Crippen LogP contribution in [-0.2, 0) is 4.79 Å². The smallest absolute Gasteiger partial charge is 0.176 e. The summed E-state index contributed by atoms with van der Waals surface area (Å²) in [6.07, 6.45) is 0. The molecule has 54 valence electrons. The summed E-state index contributed by atoms with van der Waals surface area (Å²) in [7, 11) is 3.31. The van der Waals surface area contributed by atoms with Crippen molar-refractivity contribution in [2.24, 2.45) is 0 Å². The van der Waals surface area contributed by atoms with Crippen LogP contribution in [0.1, 0.15) is 13.8 Å². The van der Waals surface area contributed by atoms with E-state index in [9.17, 15) is 9.90 Å². The first-order valence-electron chi connectivity index (χ1n) is 2.80. The lowest BCUT2D eigenvalue weighted by molar-refractivity contribution is -0.149. The van der Waals surface area contributed by atoms with E-state index in [1.54, 1.807) is 14.1 Å². The van der Waals surface area contributed by atoms with Gasteiger partial charge in [0.2, 0.25) is 0 Å². The monoisotopic (exact) mass is 131 g/mol. The molecule has 0 aliphatic carbocycles. The molecule has 0 bridgehead atoms. The second-order valence-electron chi connectivity index (χ2n) is 2.47. The minimum Gasteiger partial charge on any atom is -0.369 e. The van der Waals surface area contributed by atoms with Crippen molar-refractivity contribution in [2.45, 2.75) is 19.6 Å². The van der Waals surface area contributed by atoms with Crippen LogP contribution in [0.4, 0.5) is 0 Å². The van der Waals surface area contributed by atoms with Crippen LogP contribution in [0, 0.1) is 0 Å². The zero-order valence-electron chi connectivity index (χ0n) is 6.30. The van der Waals surface area contributed by atoms with Gasteiger partial charge in [-0.25, -0.2) is 0 Å². The number of Topliss-reactive ketones (excluding diaryl/α,β-unsaturated/α-hetero) is 1. The second-order valence-corrected chi connectivity index (χ2v) is 2.47. The number of aliphatic hydroxyl groups is 1. The molecule has 0 fully saturated rings. The van der Waals surface area contributed by atoms with Crippen LogP contribution in [0.2, 0.25) is 0 Å². The van der Waals surface area contributed by atoms with Gasteiger partial charge in [0.15, 0.2) is 11.5 Å². The van der Waals surface area contributed by atoms with E-state index in [4.69, 9.17) is 0 Å². The summed E-state index contributed by atoms with van der Waals surface area (Å²) >= 11 is 0. The van der Waals surface area contributed by atoms with Gasteiger partial charge in [-0.2, -0.15) is 0 Å². The summed E-state index contributed by atoms with van der Waals surface area (Å²) in [6, 6.07) is 0. The van der Waals surface area contributed by atoms with Gasteiger partial charge < -0.3 is 5.11 Å². The van der Waals surface area contributed by atoms with Gasteiger partial charge in [-0.3, -0.25) is 9.69 Å². The lowest BCUT2D eigenvalue weighted by atomic mass is 10.1. The molecule has 3 heteroatoms. The second kappa shape index (κ2) is 2.45. The minimum atomic E-state index is -1.31. The van der Waals surface area contributed by atoms with E-state index >= 15 is 0 Å². The van der Waals surface area contributed by atoms with E-state index < -0.39 is 5.72 Å². The van der Waals surface area contributed by atoms with Crippen molar-refractivity contribution in [1.82, 2.24) is 4.90 Å². The fourth-order valence-corrected chi connectivity index (χ4v) is 0.315. The molecule has 1 atom stereocenters. The maximum absolute atomic E-state index is 10.6. The van der Waals surface area contributed by atoms with Crippen molar-refractivity contribution in [3.63, 3.8) is 0 Å². The molecule has 0 rings (SSSR count). The Morgan fingerprint density at radius 1 is 1.56 bits per heavy atom. The topological polar surface area (TPSA) is 40.5 Å². The van der Waals surface area contributed by atoms with Gasteiger partial charge in [-0.05, 0) is 27.9 Å². The molecule has 9 heavy (non-hydrogen) atoms. The van der Waals surface area contributed by atoms with E-state index in [2.05, 4.69) is 0 Å². The summed E-state index contributed by atoms with van der Waals surface area (Å²) in [6.45, 7) is 2.83. The zero-order chi connectivity index (χ0) is 7.65. The van der Waals surface area contributed by atoms with E-state index in [-0.39, 0.29) is 5.78 Å². The summed E-state index contributed by atoms with van der Waals surface area (Å²) in [5, 5.41) is 9.25. The Labute approximate surface area is 55.3 Å². The van der Waals surface area contributed by atoms with Gasteiger partial charge in [0.05, 0.1) is 0 Å². The quantitative estimate of drug-likeness (QED) is 0.530. The first kappa shape index (κ1) is 8.59. The minimum absolute atomic E-state index is 0.243. The molecule has 0 aromatic carbocycles. The Morgan fingerprint density at radius 2 is 1.89 bits per heavy atom. The number of rotatable bonds is 2. The van der Waals surface area contributed by atoms with Gasteiger partial charge in [0.1, 0.15) is 0 Å². The highest BCUT2D eigenvalue weighted by Crippen LogP contribution is 2.06. The molecule has 3 nitrogen and oxygen atoms in total. The van der Waals surface area contributed by atoms with E-state index in [1.165, 1.54) is 18.7 Å². The predicted molar refractivity (Wildman–Crippen MR) is 35.0 cm³/mol.